The molecule has 1 aliphatic heterocycles. The molecule has 2 rings (SSSR count). The molecule has 0 aromatic heterocycles. The van der Waals surface area contributed by atoms with Crippen molar-refractivity contribution in [2.75, 3.05) is 24.6 Å². The van der Waals surface area contributed by atoms with Crippen LogP contribution in [-0.2, 0) is 16.3 Å². The molecule has 5 heteroatoms. The van der Waals surface area contributed by atoms with E-state index in [1.165, 1.54) is 5.56 Å². The van der Waals surface area contributed by atoms with Gasteiger partial charge in [0, 0.05) is 17.6 Å². The van der Waals surface area contributed by atoms with Crippen LogP contribution >= 0.6 is 11.6 Å². The molecule has 1 aromatic rings. The summed E-state index contributed by atoms with van der Waals surface area (Å²) in [5.74, 6) is 0.603. The normalized spacial score (nSPS) is 23.4. The van der Waals surface area contributed by atoms with Crippen LogP contribution < -0.4 is 0 Å². The molecule has 1 saturated heterocycles. The number of halogens is 1. The molecule has 0 amide bonds. The van der Waals surface area contributed by atoms with Crippen molar-refractivity contribution in [1.82, 2.24) is 4.90 Å². The van der Waals surface area contributed by atoms with Gasteiger partial charge in [-0.25, -0.2) is 8.42 Å². The van der Waals surface area contributed by atoms with Gasteiger partial charge < -0.3 is 0 Å². The van der Waals surface area contributed by atoms with Crippen LogP contribution in [-0.4, -0.2) is 44.0 Å². The van der Waals surface area contributed by atoms with Crippen LogP contribution in [0.4, 0.5) is 0 Å². The predicted octanol–water partition coefficient (Wildman–Crippen LogP) is 2.39. The summed E-state index contributed by atoms with van der Waals surface area (Å²) in [7, 11) is -2.80. The van der Waals surface area contributed by atoms with Crippen molar-refractivity contribution in [3.8, 4) is 0 Å². The molecule has 0 unspecified atom stereocenters. The van der Waals surface area contributed by atoms with Gasteiger partial charge in [-0.2, -0.15) is 0 Å². The predicted molar refractivity (Wildman–Crippen MR) is 79.5 cm³/mol. The van der Waals surface area contributed by atoms with Crippen molar-refractivity contribution >= 4 is 21.4 Å². The highest BCUT2D eigenvalue weighted by Gasteiger charge is 2.27. The number of aryl methyl sites for hydroxylation is 1. The van der Waals surface area contributed by atoms with Gasteiger partial charge in [-0.1, -0.05) is 23.7 Å². The van der Waals surface area contributed by atoms with Crippen LogP contribution in [0, 0.1) is 0 Å². The van der Waals surface area contributed by atoms with E-state index in [-0.39, 0.29) is 6.04 Å². The first-order valence-electron chi connectivity index (χ1n) is 6.65. The Hall–Kier alpha value is -0.580. The minimum Gasteiger partial charge on any atom is -0.299 e. The molecule has 0 spiro atoms. The van der Waals surface area contributed by atoms with Gasteiger partial charge in [-0.05, 0) is 44.0 Å². The third kappa shape index (κ3) is 4.48. The zero-order valence-corrected chi connectivity index (χ0v) is 12.8. The van der Waals surface area contributed by atoms with E-state index in [4.69, 9.17) is 11.6 Å². The highest BCUT2D eigenvalue weighted by atomic mass is 35.5. The summed E-state index contributed by atoms with van der Waals surface area (Å²) in [4.78, 5) is 2.27. The second-order valence-electron chi connectivity index (χ2n) is 5.23. The van der Waals surface area contributed by atoms with Gasteiger partial charge in [0.15, 0.2) is 9.84 Å². The minimum atomic E-state index is -2.80. The molecule has 0 N–H and O–H groups in total. The second-order valence-corrected chi connectivity index (χ2v) is 7.89. The average molecular weight is 302 g/mol. The van der Waals surface area contributed by atoms with Gasteiger partial charge in [0.1, 0.15) is 0 Å². The molecule has 1 atom stereocenters. The fraction of sp³-hybridized carbons (Fsp3) is 0.571. The summed E-state index contributed by atoms with van der Waals surface area (Å²) in [6.45, 7) is 3.63. The van der Waals surface area contributed by atoms with Crippen molar-refractivity contribution in [1.29, 1.82) is 0 Å². The summed E-state index contributed by atoms with van der Waals surface area (Å²) in [5.41, 5.74) is 1.28. The quantitative estimate of drug-likeness (QED) is 0.857. The minimum absolute atomic E-state index is 0.143. The number of rotatable bonds is 4. The van der Waals surface area contributed by atoms with Crippen molar-refractivity contribution < 1.29 is 8.42 Å². The van der Waals surface area contributed by atoms with E-state index in [0.29, 0.717) is 18.1 Å². The number of hydrogen-bond donors (Lipinski definition) is 0. The maximum Gasteiger partial charge on any atom is 0.153 e. The topological polar surface area (TPSA) is 37.4 Å². The second kappa shape index (κ2) is 6.25. The number of benzene rings is 1. The molecular formula is C14H20ClNO2S. The molecule has 19 heavy (non-hydrogen) atoms. The zero-order chi connectivity index (χ0) is 13.9. The molecule has 3 nitrogen and oxygen atoms in total. The summed E-state index contributed by atoms with van der Waals surface area (Å²) >= 11 is 5.85. The van der Waals surface area contributed by atoms with Gasteiger partial charge >= 0.3 is 0 Å². The van der Waals surface area contributed by atoms with Crippen LogP contribution in [0.2, 0.25) is 5.02 Å². The lowest BCUT2D eigenvalue weighted by Gasteiger charge is -2.33. The molecule has 0 radical (unpaired) electrons. The third-order valence-corrected chi connectivity index (χ3v) is 5.68. The highest BCUT2D eigenvalue weighted by Crippen LogP contribution is 2.14. The van der Waals surface area contributed by atoms with Gasteiger partial charge in [0.25, 0.3) is 0 Å². The first kappa shape index (κ1) is 14.8. The van der Waals surface area contributed by atoms with Gasteiger partial charge in [-0.15, -0.1) is 0 Å². The van der Waals surface area contributed by atoms with E-state index in [1.54, 1.807) is 0 Å². The molecule has 106 valence electrons. The SMILES string of the molecule is C[C@H]1CS(=O)(=O)CCN1CCCc1ccc(Cl)cc1. The molecule has 0 aliphatic carbocycles. The van der Waals surface area contributed by atoms with E-state index in [9.17, 15) is 8.42 Å². The van der Waals surface area contributed by atoms with E-state index in [0.717, 1.165) is 24.4 Å². The highest BCUT2D eigenvalue weighted by molar-refractivity contribution is 7.91. The molecule has 1 heterocycles. The fourth-order valence-corrected chi connectivity index (χ4v) is 4.25. The molecule has 0 bridgehead atoms. The lowest BCUT2D eigenvalue weighted by atomic mass is 10.1. The lowest BCUT2D eigenvalue weighted by Crippen LogP contribution is -2.47. The van der Waals surface area contributed by atoms with Gasteiger partial charge in [0.05, 0.1) is 11.5 Å². The van der Waals surface area contributed by atoms with Crippen LogP contribution in [0.3, 0.4) is 0 Å². The Balaban J connectivity index is 1.78. The summed E-state index contributed by atoms with van der Waals surface area (Å²) in [6, 6.07) is 8.06. The Morgan fingerprint density at radius 1 is 1.32 bits per heavy atom. The van der Waals surface area contributed by atoms with E-state index in [2.05, 4.69) is 4.90 Å². The van der Waals surface area contributed by atoms with Crippen molar-refractivity contribution in [3.05, 3.63) is 34.9 Å². The largest absolute Gasteiger partial charge is 0.299 e. The summed E-state index contributed by atoms with van der Waals surface area (Å²) in [5, 5.41) is 0.763. The molecule has 1 aliphatic rings. The summed E-state index contributed by atoms with van der Waals surface area (Å²) < 4.78 is 23.0. The van der Waals surface area contributed by atoms with Crippen LogP contribution in [0.25, 0.3) is 0 Å². The van der Waals surface area contributed by atoms with Crippen molar-refractivity contribution in [2.45, 2.75) is 25.8 Å². The maximum atomic E-state index is 11.5. The first-order valence-corrected chi connectivity index (χ1v) is 8.85. The van der Waals surface area contributed by atoms with Crippen molar-refractivity contribution in [3.63, 3.8) is 0 Å². The van der Waals surface area contributed by atoms with Crippen LogP contribution in [0.5, 0.6) is 0 Å². The van der Waals surface area contributed by atoms with E-state index in [1.807, 2.05) is 31.2 Å². The number of sulfone groups is 1. The molecule has 1 fully saturated rings. The third-order valence-electron chi connectivity index (χ3n) is 3.63. The van der Waals surface area contributed by atoms with Gasteiger partial charge in [0.2, 0.25) is 0 Å². The lowest BCUT2D eigenvalue weighted by molar-refractivity contribution is 0.224. The standard InChI is InChI=1S/C14H20ClNO2S/c1-12-11-19(17,18)10-9-16(12)8-2-3-13-4-6-14(15)7-5-13/h4-7,12H,2-3,8-11H2,1H3/t12-/m0/s1. The first-order chi connectivity index (χ1) is 8.96. The van der Waals surface area contributed by atoms with Crippen molar-refractivity contribution in [2.24, 2.45) is 0 Å². The molecular weight excluding hydrogens is 282 g/mol. The van der Waals surface area contributed by atoms with E-state index < -0.39 is 9.84 Å². The fourth-order valence-electron chi connectivity index (χ4n) is 2.50. The zero-order valence-electron chi connectivity index (χ0n) is 11.2. The molecule has 0 saturated carbocycles. The smallest absolute Gasteiger partial charge is 0.153 e. The Morgan fingerprint density at radius 2 is 2.00 bits per heavy atom. The van der Waals surface area contributed by atoms with Gasteiger partial charge in [-0.3, -0.25) is 4.90 Å². The molecule has 1 aromatic carbocycles. The number of hydrogen-bond acceptors (Lipinski definition) is 3. The van der Waals surface area contributed by atoms with Crippen LogP contribution in [0.15, 0.2) is 24.3 Å². The Kier molecular flexibility index (Phi) is 4.87. The monoisotopic (exact) mass is 301 g/mol. The Morgan fingerprint density at radius 3 is 2.63 bits per heavy atom. The maximum absolute atomic E-state index is 11.5. The Labute approximate surface area is 120 Å². The summed E-state index contributed by atoms with van der Waals surface area (Å²) in [6.07, 6.45) is 2.05. The number of nitrogens with zero attached hydrogens (tertiary/aromatic N) is 1. The van der Waals surface area contributed by atoms with E-state index >= 15 is 0 Å². The van der Waals surface area contributed by atoms with Crippen LogP contribution in [0.1, 0.15) is 18.9 Å². The average Bonchev–Trinajstić information content (AvgIpc) is 2.34. The Bertz CT molecular complexity index is 513.